The van der Waals surface area contributed by atoms with E-state index in [-0.39, 0.29) is 5.97 Å². The molecule has 0 bridgehead atoms. The molecule has 0 amide bonds. The van der Waals surface area contributed by atoms with Gasteiger partial charge in [-0.1, -0.05) is 12.1 Å². The van der Waals surface area contributed by atoms with Crippen LogP contribution in [0.5, 0.6) is 0 Å². The van der Waals surface area contributed by atoms with Crippen molar-refractivity contribution in [3.63, 3.8) is 0 Å². The van der Waals surface area contributed by atoms with Gasteiger partial charge in [-0.3, -0.25) is 4.79 Å². The highest BCUT2D eigenvalue weighted by Gasteiger charge is 2.02. The normalized spacial score (nSPS) is 9.73. The maximum atomic E-state index is 11.1. The van der Waals surface area contributed by atoms with Crippen molar-refractivity contribution in [2.75, 3.05) is 19.0 Å². The summed E-state index contributed by atoms with van der Waals surface area (Å²) in [6.07, 6.45) is 1.19. The van der Waals surface area contributed by atoms with E-state index in [1.807, 2.05) is 38.2 Å². The zero-order chi connectivity index (χ0) is 11.1. The van der Waals surface area contributed by atoms with Crippen LogP contribution in [0.4, 0.5) is 5.69 Å². The fourth-order valence-corrected chi connectivity index (χ4v) is 1.32. The second-order valence-electron chi connectivity index (χ2n) is 3.25. The number of nitrogens with one attached hydrogen (secondary N) is 1. The Morgan fingerprint density at radius 1 is 1.33 bits per heavy atom. The average molecular weight is 207 g/mol. The van der Waals surface area contributed by atoms with Crippen LogP contribution in [0.15, 0.2) is 24.3 Å². The largest absolute Gasteiger partial charge is 0.466 e. The first kappa shape index (κ1) is 11.6. The third kappa shape index (κ3) is 4.02. The van der Waals surface area contributed by atoms with E-state index in [0.29, 0.717) is 13.0 Å². The molecule has 0 radical (unpaired) electrons. The van der Waals surface area contributed by atoms with Crippen molar-refractivity contribution < 1.29 is 9.53 Å². The summed E-state index contributed by atoms with van der Waals surface area (Å²) in [5.41, 5.74) is 2.23. The fraction of sp³-hybridized carbons (Fsp3) is 0.417. The van der Waals surface area contributed by atoms with Crippen LogP contribution in [-0.4, -0.2) is 19.6 Å². The number of carbonyl (C=O) groups is 1. The predicted molar refractivity (Wildman–Crippen MR) is 60.9 cm³/mol. The zero-order valence-electron chi connectivity index (χ0n) is 9.25. The molecule has 0 unspecified atom stereocenters. The number of esters is 1. The Hall–Kier alpha value is -1.51. The molecule has 3 nitrogen and oxygen atoms in total. The van der Waals surface area contributed by atoms with E-state index in [9.17, 15) is 4.79 Å². The van der Waals surface area contributed by atoms with E-state index in [2.05, 4.69) is 5.32 Å². The molecule has 0 aromatic heterocycles. The Morgan fingerprint density at radius 3 is 2.53 bits per heavy atom. The van der Waals surface area contributed by atoms with Crippen molar-refractivity contribution in [3.05, 3.63) is 29.8 Å². The van der Waals surface area contributed by atoms with Crippen molar-refractivity contribution in [1.29, 1.82) is 0 Å². The lowest BCUT2D eigenvalue weighted by molar-refractivity contribution is -0.143. The van der Waals surface area contributed by atoms with Gasteiger partial charge in [0.15, 0.2) is 0 Å². The maximum absolute atomic E-state index is 11.1. The highest BCUT2D eigenvalue weighted by atomic mass is 16.5. The Labute approximate surface area is 90.4 Å². The molecule has 0 atom stereocenters. The van der Waals surface area contributed by atoms with E-state index >= 15 is 0 Å². The number of aryl methyl sites for hydroxylation is 1. The molecule has 3 heteroatoms. The molecule has 15 heavy (non-hydrogen) atoms. The Bertz CT molecular complexity index is 306. The van der Waals surface area contributed by atoms with Gasteiger partial charge in [-0.15, -0.1) is 0 Å². The predicted octanol–water partition coefficient (Wildman–Crippen LogP) is 2.22. The van der Waals surface area contributed by atoms with E-state index < -0.39 is 0 Å². The molecule has 1 aromatic carbocycles. The number of benzene rings is 1. The Kier molecular flexibility index (Phi) is 4.68. The average Bonchev–Trinajstić information content (AvgIpc) is 2.27. The topological polar surface area (TPSA) is 38.3 Å². The number of hydrogen-bond donors (Lipinski definition) is 1. The molecule has 0 spiro atoms. The van der Waals surface area contributed by atoms with E-state index in [4.69, 9.17) is 4.74 Å². The van der Waals surface area contributed by atoms with Crippen molar-refractivity contribution >= 4 is 11.7 Å². The van der Waals surface area contributed by atoms with Gasteiger partial charge in [0.2, 0.25) is 0 Å². The molecule has 1 N–H and O–H groups in total. The van der Waals surface area contributed by atoms with Crippen LogP contribution in [0.3, 0.4) is 0 Å². The second-order valence-corrected chi connectivity index (χ2v) is 3.25. The van der Waals surface area contributed by atoms with Gasteiger partial charge in [-0.2, -0.15) is 0 Å². The maximum Gasteiger partial charge on any atom is 0.306 e. The minimum atomic E-state index is -0.129. The van der Waals surface area contributed by atoms with Gasteiger partial charge < -0.3 is 10.1 Å². The van der Waals surface area contributed by atoms with Gasteiger partial charge in [-0.05, 0) is 31.0 Å². The van der Waals surface area contributed by atoms with Gasteiger partial charge >= 0.3 is 5.97 Å². The summed E-state index contributed by atoms with van der Waals surface area (Å²) < 4.78 is 4.86. The highest BCUT2D eigenvalue weighted by molar-refractivity contribution is 5.69. The van der Waals surface area contributed by atoms with Crippen LogP contribution in [0.25, 0.3) is 0 Å². The third-order valence-corrected chi connectivity index (χ3v) is 2.17. The fourth-order valence-electron chi connectivity index (χ4n) is 1.32. The summed E-state index contributed by atoms with van der Waals surface area (Å²) in [5, 5.41) is 3.05. The standard InChI is InChI=1S/C12H17NO2/c1-3-15-12(14)9-6-10-4-7-11(13-2)8-5-10/h4-5,7-8,13H,3,6,9H2,1-2H3. The van der Waals surface area contributed by atoms with Crippen molar-refractivity contribution in [1.82, 2.24) is 0 Å². The summed E-state index contributed by atoms with van der Waals surface area (Å²) >= 11 is 0. The molecule has 82 valence electrons. The van der Waals surface area contributed by atoms with Gasteiger partial charge in [-0.25, -0.2) is 0 Å². The van der Waals surface area contributed by atoms with Crippen LogP contribution in [-0.2, 0) is 16.0 Å². The molecule has 0 aliphatic carbocycles. The van der Waals surface area contributed by atoms with Crippen LogP contribution in [0.2, 0.25) is 0 Å². The van der Waals surface area contributed by atoms with E-state index in [1.165, 1.54) is 0 Å². The Balaban J connectivity index is 2.40. The highest BCUT2D eigenvalue weighted by Crippen LogP contribution is 2.10. The summed E-state index contributed by atoms with van der Waals surface area (Å²) in [7, 11) is 1.88. The van der Waals surface area contributed by atoms with Gasteiger partial charge in [0.25, 0.3) is 0 Å². The first-order valence-corrected chi connectivity index (χ1v) is 5.18. The molecule has 0 fully saturated rings. The number of hydrogen-bond acceptors (Lipinski definition) is 3. The minimum Gasteiger partial charge on any atom is -0.466 e. The molecular weight excluding hydrogens is 190 g/mol. The zero-order valence-corrected chi connectivity index (χ0v) is 9.25. The van der Waals surface area contributed by atoms with E-state index in [1.54, 1.807) is 0 Å². The first-order chi connectivity index (χ1) is 7.26. The number of rotatable bonds is 5. The lowest BCUT2D eigenvalue weighted by atomic mass is 10.1. The molecule has 1 rings (SSSR count). The summed E-state index contributed by atoms with van der Waals surface area (Å²) in [5.74, 6) is -0.129. The van der Waals surface area contributed by atoms with Crippen molar-refractivity contribution in [2.45, 2.75) is 19.8 Å². The first-order valence-electron chi connectivity index (χ1n) is 5.18. The second kappa shape index (κ2) is 6.06. The lowest BCUT2D eigenvalue weighted by Crippen LogP contribution is -2.05. The molecule has 0 aliphatic rings. The van der Waals surface area contributed by atoms with Crippen molar-refractivity contribution in [3.8, 4) is 0 Å². The number of anilines is 1. The lowest BCUT2D eigenvalue weighted by Gasteiger charge is -2.03. The van der Waals surface area contributed by atoms with Gasteiger partial charge in [0, 0.05) is 19.2 Å². The number of ether oxygens (including phenoxy) is 1. The molecule has 0 saturated carbocycles. The monoisotopic (exact) mass is 207 g/mol. The summed E-state index contributed by atoms with van der Waals surface area (Å²) in [4.78, 5) is 11.1. The molecule has 0 aliphatic heterocycles. The Morgan fingerprint density at radius 2 is 2.00 bits per heavy atom. The smallest absolute Gasteiger partial charge is 0.306 e. The van der Waals surface area contributed by atoms with Crippen LogP contribution >= 0.6 is 0 Å². The van der Waals surface area contributed by atoms with Gasteiger partial charge in [0.1, 0.15) is 0 Å². The SMILES string of the molecule is CCOC(=O)CCc1ccc(NC)cc1. The van der Waals surface area contributed by atoms with Gasteiger partial charge in [0.05, 0.1) is 6.61 Å². The minimum absolute atomic E-state index is 0.129. The van der Waals surface area contributed by atoms with Crippen molar-refractivity contribution in [2.24, 2.45) is 0 Å². The van der Waals surface area contributed by atoms with Crippen LogP contribution in [0, 0.1) is 0 Å². The molecule has 0 saturated heterocycles. The number of carbonyl (C=O) groups excluding carboxylic acids is 1. The molecule has 1 aromatic rings. The van der Waals surface area contributed by atoms with Crippen LogP contribution < -0.4 is 5.32 Å². The van der Waals surface area contributed by atoms with E-state index in [0.717, 1.165) is 17.7 Å². The summed E-state index contributed by atoms with van der Waals surface area (Å²) in [6, 6.07) is 8.04. The van der Waals surface area contributed by atoms with Crippen LogP contribution in [0.1, 0.15) is 18.9 Å². The third-order valence-electron chi connectivity index (χ3n) is 2.17. The molecule has 0 heterocycles. The molecular formula is C12H17NO2. The quantitative estimate of drug-likeness (QED) is 0.752. The summed E-state index contributed by atoms with van der Waals surface area (Å²) in [6.45, 7) is 2.27.